The van der Waals surface area contributed by atoms with Crippen LogP contribution >= 0.6 is 12.2 Å². The third kappa shape index (κ3) is 3.44. The lowest BCUT2D eigenvalue weighted by molar-refractivity contribution is -0.122. The number of aryl methyl sites for hydroxylation is 2. The molecule has 1 saturated heterocycles. The molecule has 0 unspecified atom stereocenters. The van der Waals surface area contributed by atoms with Crippen LogP contribution in [0.2, 0.25) is 0 Å². The molecule has 1 fully saturated rings. The number of carbonyl (C=O) groups excluding carboxylic acids is 2. The quantitative estimate of drug-likeness (QED) is 0.396. The lowest BCUT2D eigenvalue weighted by Gasteiger charge is -2.29. The fraction of sp³-hybridized carbons (Fsp3) is 0.0870. The van der Waals surface area contributed by atoms with Crippen molar-refractivity contribution in [3.8, 4) is 5.69 Å². The number of carbonyl (C=O) groups is 2. The summed E-state index contributed by atoms with van der Waals surface area (Å²) in [5.41, 5.74) is 3.78. The minimum atomic E-state index is -0.673. The molecule has 0 aliphatic carbocycles. The van der Waals surface area contributed by atoms with E-state index in [9.17, 15) is 14.0 Å². The molecule has 5 nitrogen and oxygen atoms in total. The first-order valence-corrected chi connectivity index (χ1v) is 9.68. The topological polar surface area (TPSA) is 54.3 Å². The van der Waals surface area contributed by atoms with Crippen molar-refractivity contribution in [1.29, 1.82) is 0 Å². The second kappa shape index (κ2) is 7.68. The van der Waals surface area contributed by atoms with Crippen LogP contribution in [-0.4, -0.2) is 21.5 Å². The monoisotopic (exact) mass is 419 g/mol. The first kappa shape index (κ1) is 19.7. The molecule has 0 saturated carbocycles. The molecule has 30 heavy (non-hydrogen) atoms. The molecular formula is C23H18FN3O2S. The van der Waals surface area contributed by atoms with Gasteiger partial charge in [-0.15, -0.1) is 0 Å². The first-order chi connectivity index (χ1) is 14.4. The zero-order valence-electron chi connectivity index (χ0n) is 16.3. The average molecular weight is 419 g/mol. The van der Waals surface area contributed by atoms with Crippen molar-refractivity contribution in [2.75, 3.05) is 4.90 Å². The number of nitrogens with one attached hydrogen (secondary N) is 1. The van der Waals surface area contributed by atoms with Crippen molar-refractivity contribution < 1.29 is 14.0 Å². The summed E-state index contributed by atoms with van der Waals surface area (Å²) < 4.78 is 16.2. The Kier molecular flexibility index (Phi) is 5.05. The van der Waals surface area contributed by atoms with Crippen molar-refractivity contribution in [1.82, 2.24) is 9.88 Å². The molecule has 7 heteroatoms. The lowest BCUT2D eigenvalue weighted by atomic mass is 10.1. The van der Waals surface area contributed by atoms with Crippen LogP contribution in [0, 0.1) is 19.7 Å². The van der Waals surface area contributed by atoms with E-state index >= 15 is 0 Å². The zero-order chi connectivity index (χ0) is 21.4. The van der Waals surface area contributed by atoms with E-state index < -0.39 is 17.6 Å². The van der Waals surface area contributed by atoms with E-state index in [-0.39, 0.29) is 16.4 Å². The van der Waals surface area contributed by atoms with Crippen LogP contribution in [0.25, 0.3) is 11.8 Å². The fourth-order valence-electron chi connectivity index (χ4n) is 3.53. The molecule has 3 aromatic rings. The van der Waals surface area contributed by atoms with Crippen LogP contribution in [-0.2, 0) is 9.59 Å². The van der Waals surface area contributed by atoms with Gasteiger partial charge in [-0.25, -0.2) is 9.29 Å². The van der Waals surface area contributed by atoms with Gasteiger partial charge in [0.15, 0.2) is 5.11 Å². The van der Waals surface area contributed by atoms with Crippen molar-refractivity contribution >= 4 is 40.9 Å². The maximum atomic E-state index is 14.2. The number of hydrogen-bond donors (Lipinski definition) is 1. The number of benzene rings is 2. The van der Waals surface area contributed by atoms with Gasteiger partial charge in [-0.05, 0) is 67.0 Å². The van der Waals surface area contributed by atoms with Gasteiger partial charge >= 0.3 is 0 Å². The number of nitrogens with zero attached hydrogens (tertiary/aromatic N) is 2. The summed E-state index contributed by atoms with van der Waals surface area (Å²) in [6.45, 7) is 4.04. The molecule has 150 valence electrons. The van der Waals surface area contributed by atoms with Crippen molar-refractivity contribution in [2.45, 2.75) is 13.8 Å². The van der Waals surface area contributed by atoms with E-state index in [2.05, 4.69) is 5.32 Å². The third-order valence-electron chi connectivity index (χ3n) is 4.92. The highest BCUT2D eigenvalue weighted by atomic mass is 32.1. The summed E-state index contributed by atoms with van der Waals surface area (Å²) in [6, 6.07) is 13.6. The summed E-state index contributed by atoms with van der Waals surface area (Å²) in [4.78, 5) is 26.5. The van der Waals surface area contributed by atoms with Gasteiger partial charge in [0, 0.05) is 12.4 Å². The standard InChI is InChI=1S/C23H18FN3O2S/c1-14-6-5-7-15(2)20(14)26-11-10-16(13-26)12-17-21(28)25-23(30)27(22(17)29)19-9-4-3-8-18(19)24/h3-13H,1-2H3,(H,25,28,30)/b17-12+. The first-order valence-electron chi connectivity index (χ1n) is 9.27. The molecule has 0 radical (unpaired) electrons. The molecule has 1 N–H and O–H groups in total. The SMILES string of the molecule is Cc1cccc(C)c1-n1ccc(/C=C2\C(=O)NC(=S)N(c3ccccc3F)C2=O)c1. The number of thiocarbonyl (C=S) groups is 1. The van der Waals surface area contributed by atoms with Gasteiger partial charge < -0.3 is 4.57 Å². The maximum absolute atomic E-state index is 14.2. The molecule has 0 bridgehead atoms. The number of para-hydroxylation sites is 2. The minimum absolute atomic E-state index is 0.00787. The summed E-state index contributed by atoms with van der Waals surface area (Å²) in [7, 11) is 0. The molecule has 2 heterocycles. The smallest absolute Gasteiger partial charge is 0.270 e. The Morgan fingerprint density at radius 2 is 1.70 bits per heavy atom. The Hall–Kier alpha value is -3.58. The molecule has 1 aliphatic heterocycles. The van der Waals surface area contributed by atoms with Gasteiger partial charge in [0.2, 0.25) is 0 Å². The van der Waals surface area contributed by atoms with Crippen molar-refractivity contribution in [2.24, 2.45) is 0 Å². The number of aromatic nitrogens is 1. The van der Waals surface area contributed by atoms with Gasteiger partial charge in [-0.2, -0.15) is 0 Å². The van der Waals surface area contributed by atoms with Crippen LogP contribution in [0.1, 0.15) is 16.7 Å². The van der Waals surface area contributed by atoms with Gasteiger partial charge in [0.05, 0.1) is 11.4 Å². The van der Waals surface area contributed by atoms with Crippen LogP contribution in [0.3, 0.4) is 0 Å². The van der Waals surface area contributed by atoms with Gasteiger partial charge in [0.1, 0.15) is 11.4 Å². The highest BCUT2D eigenvalue weighted by Crippen LogP contribution is 2.25. The fourth-order valence-corrected chi connectivity index (χ4v) is 3.80. The highest BCUT2D eigenvalue weighted by Gasteiger charge is 2.35. The Bertz CT molecular complexity index is 1210. The van der Waals surface area contributed by atoms with Gasteiger partial charge in [-0.1, -0.05) is 30.3 Å². The van der Waals surface area contributed by atoms with Crippen molar-refractivity contribution in [3.05, 3.63) is 89.0 Å². The Morgan fingerprint density at radius 3 is 2.40 bits per heavy atom. The van der Waals surface area contributed by atoms with E-state index in [0.717, 1.165) is 21.7 Å². The second-order valence-corrected chi connectivity index (χ2v) is 7.39. The summed E-state index contributed by atoms with van der Waals surface area (Å²) in [6.07, 6.45) is 5.19. The largest absolute Gasteiger partial charge is 0.323 e. The highest BCUT2D eigenvalue weighted by molar-refractivity contribution is 7.80. The predicted molar refractivity (Wildman–Crippen MR) is 118 cm³/mol. The van der Waals surface area contributed by atoms with E-state index in [0.29, 0.717) is 5.56 Å². The number of halogens is 1. The number of rotatable bonds is 3. The number of hydrogen-bond acceptors (Lipinski definition) is 3. The van der Waals surface area contributed by atoms with Gasteiger partial charge in [-0.3, -0.25) is 14.9 Å². The number of amides is 2. The Morgan fingerprint density at radius 1 is 1.00 bits per heavy atom. The molecule has 4 rings (SSSR count). The van der Waals surface area contributed by atoms with Crippen molar-refractivity contribution in [3.63, 3.8) is 0 Å². The molecule has 2 amide bonds. The Labute approximate surface area is 178 Å². The van der Waals surface area contributed by atoms with E-state index in [4.69, 9.17) is 12.2 Å². The molecule has 2 aromatic carbocycles. The minimum Gasteiger partial charge on any atom is -0.323 e. The van der Waals surface area contributed by atoms with Crippen LogP contribution in [0.4, 0.5) is 10.1 Å². The molecular weight excluding hydrogens is 401 g/mol. The maximum Gasteiger partial charge on any atom is 0.270 e. The molecule has 1 aliphatic rings. The van der Waals surface area contributed by atoms with Gasteiger partial charge in [0.25, 0.3) is 11.8 Å². The summed E-state index contributed by atoms with van der Waals surface area (Å²) >= 11 is 5.11. The Balaban J connectivity index is 1.72. The number of anilines is 1. The normalized spacial score (nSPS) is 15.6. The summed E-state index contributed by atoms with van der Waals surface area (Å²) in [5, 5.41) is 2.32. The van der Waals surface area contributed by atoms with Crippen LogP contribution in [0.5, 0.6) is 0 Å². The molecule has 1 aromatic heterocycles. The van der Waals surface area contributed by atoms with Crippen LogP contribution in [0.15, 0.2) is 66.5 Å². The molecule has 0 spiro atoms. The van der Waals surface area contributed by atoms with E-state index in [1.54, 1.807) is 12.1 Å². The summed E-state index contributed by atoms with van der Waals surface area (Å²) in [5.74, 6) is -1.89. The third-order valence-corrected chi connectivity index (χ3v) is 5.20. The predicted octanol–water partition coefficient (Wildman–Crippen LogP) is 4.06. The second-order valence-electron chi connectivity index (χ2n) is 7.00. The van der Waals surface area contributed by atoms with E-state index in [1.165, 1.54) is 24.3 Å². The van der Waals surface area contributed by atoms with Crippen LogP contribution < -0.4 is 10.2 Å². The average Bonchev–Trinajstić information content (AvgIpc) is 3.14. The lowest BCUT2D eigenvalue weighted by Crippen LogP contribution is -2.54. The zero-order valence-corrected chi connectivity index (χ0v) is 17.2. The molecule has 0 atom stereocenters. The van der Waals surface area contributed by atoms with E-state index in [1.807, 2.05) is 49.0 Å².